The third-order valence-electron chi connectivity index (χ3n) is 4.15. The van der Waals surface area contributed by atoms with Crippen molar-refractivity contribution in [1.82, 2.24) is 5.32 Å². The van der Waals surface area contributed by atoms with E-state index in [1.165, 1.54) is 5.56 Å². The lowest BCUT2D eigenvalue weighted by Gasteiger charge is -2.15. The van der Waals surface area contributed by atoms with Gasteiger partial charge >= 0.3 is 0 Å². The molecule has 0 heterocycles. The van der Waals surface area contributed by atoms with Crippen LogP contribution in [0.3, 0.4) is 0 Å². The number of nitrogens with one attached hydrogen (secondary N) is 1. The molecule has 3 aromatic carbocycles. The Morgan fingerprint density at radius 2 is 1.56 bits per heavy atom. The van der Waals surface area contributed by atoms with Crippen LogP contribution < -0.4 is 10.1 Å². The van der Waals surface area contributed by atoms with Crippen LogP contribution in [0.2, 0.25) is 5.02 Å². The van der Waals surface area contributed by atoms with Gasteiger partial charge in [0.15, 0.2) is 0 Å². The van der Waals surface area contributed by atoms with Crippen LogP contribution in [-0.4, -0.2) is 0 Å². The summed E-state index contributed by atoms with van der Waals surface area (Å²) in [5, 5.41) is 4.16. The van der Waals surface area contributed by atoms with E-state index >= 15 is 0 Å². The second-order valence-electron chi connectivity index (χ2n) is 6.05. The van der Waals surface area contributed by atoms with Crippen LogP contribution in [0.1, 0.15) is 29.7 Å². The summed E-state index contributed by atoms with van der Waals surface area (Å²) < 4.78 is 5.82. The van der Waals surface area contributed by atoms with E-state index in [1.54, 1.807) is 0 Å². The molecule has 0 aromatic heterocycles. The average molecular weight is 352 g/mol. The Morgan fingerprint density at radius 1 is 0.880 bits per heavy atom. The third kappa shape index (κ3) is 5.09. The number of benzene rings is 3. The largest absolute Gasteiger partial charge is 0.487 e. The van der Waals surface area contributed by atoms with Gasteiger partial charge in [-0.25, -0.2) is 0 Å². The minimum atomic E-state index is 0.286. The van der Waals surface area contributed by atoms with Crippen molar-refractivity contribution in [2.24, 2.45) is 0 Å². The van der Waals surface area contributed by atoms with Gasteiger partial charge in [-0.05, 0) is 35.7 Å². The minimum Gasteiger partial charge on any atom is -0.487 e. The molecule has 3 rings (SSSR count). The summed E-state index contributed by atoms with van der Waals surface area (Å²) in [6, 6.07) is 26.7. The van der Waals surface area contributed by atoms with Crippen LogP contribution in [0, 0.1) is 0 Å². The van der Waals surface area contributed by atoms with Crippen molar-refractivity contribution < 1.29 is 4.74 Å². The zero-order valence-corrected chi connectivity index (χ0v) is 15.0. The van der Waals surface area contributed by atoms with E-state index in [0.717, 1.165) is 17.7 Å². The van der Waals surface area contributed by atoms with E-state index in [-0.39, 0.29) is 6.04 Å². The Hall–Kier alpha value is -2.29. The SMILES string of the molecule is CC(NCc1ccc(OCc2ccccc2)c(Cl)c1)c1ccccc1. The van der Waals surface area contributed by atoms with Gasteiger partial charge in [-0.2, -0.15) is 0 Å². The number of halogens is 1. The Labute approximate surface area is 154 Å². The fourth-order valence-electron chi connectivity index (χ4n) is 2.64. The van der Waals surface area contributed by atoms with Crippen LogP contribution in [0.15, 0.2) is 78.9 Å². The molecular formula is C22H22ClNO. The van der Waals surface area contributed by atoms with E-state index in [4.69, 9.17) is 16.3 Å². The number of hydrogen-bond acceptors (Lipinski definition) is 2. The van der Waals surface area contributed by atoms with Crippen molar-refractivity contribution in [3.63, 3.8) is 0 Å². The summed E-state index contributed by atoms with van der Waals surface area (Å²) in [4.78, 5) is 0. The Kier molecular flexibility index (Phi) is 6.10. The highest BCUT2D eigenvalue weighted by molar-refractivity contribution is 6.32. The first-order valence-corrected chi connectivity index (χ1v) is 8.83. The molecule has 1 unspecified atom stereocenters. The lowest BCUT2D eigenvalue weighted by molar-refractivity contribution is 0.306. The van der Waals surface area contributed by atoms with Crippen LogP contribution in [0.25, 0.3) is 0 Å². The molecule has 3 heteroatoms. The average Bonchev–Trinajstić information content (AvgIpc) is 2.67. The maximum absolute atomic E-state index is 6.38. The molecule has 0 saturated carbocycles. The first kappa shape index (κ1) is 17.5. The van der Waals surface area contributed by atoms with Gasteiger partial charge in [0.1, 0.15) is 12.4 Å². The Morgan fingerprint density at radius 3 is 2.24 bits per heavy atom. The summed E-state index contributed by atoms with van der Waals surface area (Å²) in [6.07, 6.45) is 0. The third-order valence-corrected chi connectivity index (χ3v) is 4.44. The molecule has 128 valence electrons. The smallest absolute Gasteiger partial charge is 0.138 e. The quantitative estimate of drug-likeness (QED) is 0.583. The van der Waals surface area contributed by atoms with Crippen molar-refractivity contribution in [2.45, 2.75) is 26.1 Å². The number of hydrogen-bond donors (Lipinski definition) is 1. The van der Waals surface area contributed by atoms with Crippen molar-refractivity contribution >= 4 is 11.6 Å². The second kappa shape index (κ2) is 8.70. The summed E-state index contributed by atoms with van der Waals surface area (Å²) in [6.45, 7) is 3.44. The van der Waals surface area contributed by atoms with Crippen molar-refractivity contribution in [3.8, 4) is 5.75 Å². The van der Waals surface area contributed by atoms with Crippen molar-refractivity contribution in [2.75, 3.05) is 0 Å². The molecule has 1 N–H and O–H groups in total. The highest BCUT2D eigenvalue weighted by atomic mass is 35.5. The molecule has 0 aliphatic heterocycles. The molecule has 0 aliphatic rings. The van der Waals surface area contributed by atoms with Gasteiger partial charge in [0.25, 0.3) is 0 Å². The summed E-state index contributed by atoms with van der Waals surface area (Å²) in [7, 11) is 0. The second-order valence-corrected chi connectivity index (χ2v) is 6.46. The van der Waals surface area contributed by atoms with Crippen LogP contribution in [0.4, 0.5) is 0 Å². The first-order valence-electron chi connectivity index (χ1n) is 8.46. The minimum absolute atomic E-state index is 0.286. The molecule has 2 nitrogen and oxygen atoms in total. The van der Waals surface area contributed by atoms with Crippen LogP contribution >= 0.6 is 11.6 Å². The topological polar surface area (TPSA) is 21.3 Å². The normalized spacial score (nSPS) is 11.9. The van der Waals surface area contributed by atoms with Crippen molar-refractivity contribution in [1.29, 1.82) is 0 Å². The van der Waals surface area contributed by atoms with E-state index < -0.39 is 0 Å². The van der Waals surface area contributed by atoms with Gasteiger partial charge in [0.05, 0.1) is 5.02 Å². The summed E-state index contributed by atoms with van der Waals surface area (Å²) in [5.74, 6) is 0.713. The highest BCUT2D eigenvalue weighted by Crippen LogP contribution is 2.26. The molecular weight excluding hydrogens is 330 g/mol. The van der Waals surface area contributed by atoms with Gasteiger partial charge in [-0.1, -0.05) is 78.3 Å². The van der Waals surface area contributed by atoms with Crippen LogP contribution in [0.5, 0.6) is 5.75 Å². The fraction of sp³-hybridized carbons (Fsp3) is 0.182. The molecule has 1 atom stereocenters. The number of ether oxygens (including phenoxy) is 1. The van der Waals surface area contributed by atoms with E-state index in [9.17, 15) is 0 Å². The molecule has 0 amide bonds. The van der Waals surface area contributed by atoms with E-state index in [2.05, 4.69) is 42.6 Å². The summed E-state index contributed by atoms with van der Waals surface area (Å²) >= 11 is 6.38. The molecule has 0 fully saturated rings. The Bertz CT molecular complexity index is 790. The monoisotopic (exact) mass is 351 g/mol. The predicted molar refractivity (Wildman–Crippen MR) is 104 cm³/mol. The molecule has 25 heavy (non-hydrogen) atoms. The maximum Gasteiger partial charge on any atom is 0.138 e. The predicted octanol–water partition coefficient (Wildman–Crippen LogP) is 5.77. The standard InChI is InChI=1S/C22H22ClNO/c1-17(20-10-6-3-7-11-20)24-15-19-12-13-22(21(23)14-19)25-16-18-8-4-2-5-9-18/h2-14,17,24H,15-16H2,1H3. The van der Waals surface area contributed by atoms with E-state index in [0.29, 0.717) is 17.4 Å². The van der Waals surface area contributed by atoms with Gasteiger partial charge in [-0.15, -0.1) is 0 Å². The van der Waals surface area contributed by atoms with Gasteiger partial charge in [0.2, 0.25) is 0 Å². The van der Waals surface area contributed by atoms with Gasteiger partial charge in [0, 0.05) is 12.6 Å². The molecule has 0 bridgehead atoms. The molecule has 0 spiro atoms. The van der Waals surface area contributed by atoms with Crippen molar-refractivity contribution in [3.05, 3.63) is 101 Å². The molecule has 0 radical (unpaired) electrons. The number of rotatable bonds is 7. The zero-order valence-electron chi connectivity index (χ0n) is 14.3. The Balaban J connectivity index is 1.56. The van der Waals surface area contributed by atoms with Gasteiger partial charge < -0.3 is 10.1 Å². The zero-order chi connectivity index (χ0) is 17.5. The van der Waals surface area contributed by atoms with Gasteiger partial charge in [-0.3, -0.25) is 0 Å². The molecule has 3 aromatic rings. The summed E-state index contributed by atoms with van der Waals surface area (Å²) in [5.41, 5.74) is 3.54. The molecule has 0 aliphatic carbocycles. The van der Waals surface area contributed by atoms with E-state index in [1.807, 2.05) is 48.5 Å². The molecule has 0 saturated heterocycles. The van der Waals surface area contributed by atoms with Crippen LogP contribution in [-0.2, 0) is 13.2 Å². The first-order chi connectivity index (χ1) is 12.2. The lowest BCUT2D eigenvalue weighted by Crippen LogP contribution is -2.17. The lowest BCUT2D eigenvalue weighted by atomic mass is 10.1. The maximum atomic E-state index is 6.38. The highest BCUT2D eigenvalue weighted by Gasteiger charge is 2.07. The fourth-order valence-corrected chi connectivity index (χ4v) is 2.89.